The quantitative estimate of drug-likeness (QED) is 0.815. The normalized spacial score (nSPS) is 10.6. The van der Waals surface area contributed by atoms with E-state index in [1.165, 1.54) is 11.1 Å². The maximum atomic E-state index is 11.8. The monoisotopic (exact) mass is 288 g/mol. The van der Waals surface area contributed by atoms with Crippen LogP contribution < -0.4 is 5.32 Å². The number of nitrogens with one attached hydrogen (secondary N) is 1. The van der Waals surface area contributed by atoms with E-state index in [2.05, 4.69) is 59.8 Å². The van der Waals surface area contributed by atoms with Crippen LogP contribution in [0.2, 0.25) is 0 Å². The second-order valence-corrected chi connectivity index (χ2v) is 5.33. The Labute approximate surface area is 125 Å². The summed E-state index contributed by atoms with van der Waals surface area (Å²) in [5.74, 6) is 0.698. The van der Waals surface area contributed by atoms with Crippen LogP contribution in [0.1, 0.15) is 11.3 Å². The first-order chi connectivity index (χ1) is 9.61. The smallest absolute Gasteiger partial charge is 0.225 e. The number of hydrogen-bond acceptors (Lipinski definition) is 2. The second kappa shape index (κ2) is 6.66. The van der Waals surface area contributed by atoms with Gasteiger partial charge in [-0.1, -0.05) is 29.8 Å². The minimum Gasteiger partial charge on any atom is -0.355 e. The first-order valence-corrected chi connectivity index (χ1v) is 7.34. The van der Waals surface area contributed by atoms with Crippen molar-refractivity contribution in [1.82, 2.24) is 9.88 Å². The van der Waals surface area contributed by atoms with Crippen LogP contribution in [-0.4, -0.2) is 22.8 Å². The van der Waals surface area contributed by atoms with E-state index in [4.69, 9.17) is 0 Å². The highest BCUT2D eigenvalue weighted by Crippen LogP contribution is 2.22. The van der Waals surface area contributed by atoms with Gasteiger partial charge in [0.05, 0.1) is 6.42 Å². The van der Waals surface area contributed by atoms with Crippen molar-refractivity contribution in [2.24, 2.45) is 7.05 Å². The number of nitrogens with zero attached hydrogens (tertiary/aromatic N) is 1. The van der Waals surface area contributed by atoms with E-state index in [9.17, 15) is 4.79 Å². The summed E-state index contributed by atoms with van der Waals surface area (Å²) in [6.07, 6.45) is 0.399. The zero-order chi connectivity index (χ0) is 14.5. The molecule has 20 heavy (non-hydrogen) atoms. The van der Waals surface area contributed by atoms with Crippen molar-refractivity contribution in [1.29, 1.82) is 0 Å². The Morgan fingerprint density at radius 1 is 1.20 bits per heavy atom. The largest absolute Gasteiger partial charge is 0.355 e. The zero-order valence-corrected chi connectivity index (χ0v) is 12.8. The van der Waals surface area contributed by atoms with E-state index in [0.29, 0.717) is 18.7 Å². The summed E-state index contributed by atoms with van der Waals surface area (Å²) >= 11 is 4.08. The number of aryl methyl sites for hydroxylation is 1. The van der Waals surface area contributed by atoms with Crippen LogP contribution in [0, 0.1) is 6.92 Å². The van der Waals surface area contributed by atoms with Gasteiger partial charge in [-0.05, 0) is 24.6 Å². The third kappa shape index (κ3) is 3.45. The lowest BCUT2D eigenvalue weighted by atomic mass is 10.1. The zero-order valence-electron chi connectivity index (χ0n) is 11.9. The van der Waals surface area contributed by atoms with Gasteiger partial charge < -0.3 is 9.88 Å². The van der Waals surface area contributed by atoms with Crippen LogP contribution in [0.4, 0.5) is 0 Å². The molecule has 0 fully saturated rings. The van der Waals surface area contributed by atoms with Crippen molar-refractivity contribution >= 4 is 18.5 Å². The highest BCUT2D eigenvalue weighted by Gasteiger charge is 2.10. The van der Waals surface area contributed by atoms with Gasteiger partial charge in [-0.15, -0.1) is 0 Å². The molecule has 1 aromatic carbocycles. The van der Waals surface area contributed by atoms with E-state index < -0.39 is 0 Å². The molecule has 106 valence electrons. The Kier molecular flexibility index (Phi) is 4.90. The molecule has 1 aromatic heterocycles. The van der Waals surface area contributed by atoms with Crippen molar-refractivity contribution in [2.45, 2.75) is 13.3 Å². The fourth-order valence-corrected chi connectivity index (χ4v) is 2.28. The molecule has 2 rings (SSSR count). The van der Waals surface area contributed by atoms with Gasteiger partial charge in [-0.2, -0.15) is 12.6 Å². The summed E-state index contributed by atoms with van der Waals surface area (Å²) < 4.78 is 2.07. The van der Waals surface area contributed by atoms with E-state index in [-0.39, 0.29) is 5.91 Å². The topological polar surface area (TPSA) is 34.0 Å². The van der Waals surface area contributed by atoms with Crippen LogP contribution in [0.25, 0.3) is 11.3 Å². The van der Waals surface area contributed by atoms with Crippen LogP contribution in [0.3, 0.4) is 0 Å². The molecule has 0 radical (unpaired) electrons. The third-order valence-electron chi connectivity index (χ3n) is 3.35. The van der Waals surface area contributed by atoms with Crippen molar-refractivity contribution in [2.75, 3.05) is 12.3 Å². The molecule has 0 aliphatic carbocycles. The van der Waals surface area contributed by atoms with Gasteiger partial charge in [0.25, 0.3) is 0 Å². The lowest BCUT2D eigenvalue weighted by Gasteiger charge is -2.08. The molecule has 0 spiro atoms. The van der Waals surface area contributed by atoms with Crippen molar-refractivity contribution in [3.8, 4) is 11.3 Å². The molecule has 1 heterocycles. The summed E-state index contributed by atoms with van der Waals surface area (Å²) in [6, 6.07) is 12.5. The summed E-state index contributed by atoms with van der Waals surface area (Å²) in [4.78, 5) is 11.8. The molecular weight excluding hydrogens is 268 g/mol. The fourth-order valence-electron chi connectivity index (χ4n) is 2.17. The summed E-state index contributed by atoms with van der Waals surface area (Å²) in [5, 5.41) is 2.84. The van der Waals surface area contributed by atoms with Gasteiger partial charge in [0.2, 0.25) is 5.91 Å². The minimum absolute atomic E-state index is 0.0377. The van der Waals surface area contributed by atoms with Gasteiger partial charge in [0.1, 0.15) is 0 Å². The number of carbonyl (C=O) groups is 1. The lowest BCUT2D eigenvalue weighted by molar-refractivity contribution is -0.120. The van der Waals surface area contributed by atoms with E-state index in [1.807, 2.05) is 13.1 Å². The Morgan fingerprint density at radius 2 is 1.90 bits per heavy atom. The van der Waals surface area contributed by atoms with Crippen molar-refractivity contribution in [3.05, 3.63) is 47.7 Å². The molecule has 3 nitrogen and oxygen atoms in total. The molecule has 0 atom stereocenters. The van der Waals surface area contributed by atoms with E-state index in [0.717, 1.165) is 11.4 Å². The second-order valence-electron chi connectivity index (χ2n) is 4.89. The molecule has 2 aromatic rings. The predicted octanol–water partition coefficient (Wildman–Crippen LogP) is 2.59. The van der Waals surface area contributed by atoms with Gasteiger partial charge in [0, 0.05) is 30.7 Å². The molecule has 0 aliphatic rings. The first-order valence-electron chi connectivity index (χ1n) is 6.71. The molecule has 0 bridgehead atoms. The Morgan fingerprint density at radius 3 is 2.55 bits per heavy atom. The molecule has 1 N–H and O–H groups in total. The number of rotatable bonds is 5. The van der Waals surface area contributed by atoms with Crippen LogP contribution in [0.15, 0.2) is 36.4 Å². The number of thiol groups is 1. The number of aromatic nitrogens is 1. The Balaban J connectivity index is 2.14. The number of hydrogen-bond donors (Lipinski definition) is 2. The molecule has 4 heteroatoms. The molecular formula is C16H20N2OS. The Bertz CT molecular complexity index is 587. The summed E-state index contributed by atoms with van der Waals surface area (Å²) in [6.45, 7) is 2.68. The van der Waals surface area contributed by atoms with Crippen LogP contribution in [0.5, 0.6) is 0 Å². The third-order valence-corrected chi connectivity index (χ3v) is 3.57. The highest BCUT2D eigenvalue weighted by atomic mass is 32.1. The number of carbonyl (C=O) groups excluding carboxylic acids is 1. The van der Waals surface area contributed by atoms with Crippen molar-refractivity contribution < 1.29 is 4.79 Å². The maximum absolute atomic E-state index is 11.8. The molecule has 1 amide bonds. The van der Waals surface area contributed by atoms with Gasteiger partial charge >= 0.3 is 0 Å². The SMILES string of the molecule is Cc1ccc(-c2ccc(CC(=O)NCCS)n2C)cc1. The van der Waals surface area contributed by atoms with Crippen LogP contribution in [-0.2, 0) is 18.3 Å². The molecule has 0 saturated heterocycles. The van der Waals surface area contributed by atoms with E-state index >= 15 is 0 Å². The molecule has 0 unspecified atom stereocenters. The average Bonchev–Trinajstić information content (AvgIpc) is 2.79. The predicted molar refractivity (Wildman–Crippen MR) is 86.2 cm³/mol. The summed E-state index contributed by atoms with van der Waals surface area (Å²) in [7, 11) is 2.00. The standard InChI is InChI=1S/C16H20N2OS/c1-12-3-5-13(6-4-12)15-8-7-14(18(15)2)11-16(19)17-9-10-20/h3-8,20H,9-11H2,1-2H3,(H,17,19). The number of benzene rings is 1. The first kappa shape index (κ1) is 14.7. The fraction of sp³-hybridized carbons (Fsp3) is 0.312. The number of amides is 1. The van der Waals surface area contributed by atoms with Gasteiger partial charge in [0.15, 0.2) is 0 Å². The van der Waals surface area contributed by atoms with Crippen LogP contribution >= 0.6 is 12.6 Å². The van der Waals surface area contributed by atoms with Gasteiger partial charge in [-0.3, -0.25) is 4.79 Å². The highest BCUT2D eigenvalue weighted by molar-refractivity contribution is 7.80. The molecule has 0 aliphatic heterocycles. The maximum Gasteiger partial charge on any atom is 0.225 e. The van der Waals surface area contributed by atoms with E-state index in [1.54, 1.807) is 0 Å². The Hall–Kier alpha value is -1.68. The summed E-state index contributed by atoms with van der Waals surface area (Å²) in [5.41, 5.74) is 4.55. The van der Waals surface area contributed by atoms with Gasteiger partial charge in [-0.25, -0.2) is 0 Å². The van der Waals surface area contributed by atoms with Crippen molar-refractivity contribution in [3.63, 3.8) is 0 Å². The average molecular weight is 288 g/mol. The molecule has 0 saturated carbocycles. The minimum atomic E-state index is 0.0377. The lowest BCUT2D eigenvalue weighted by Crippen LogP contribution is -2.27.